The van der Waals surface area contributed by atoms with Crippen molar-refractivity contribution in [2.75, 3.05) is 17.0 Å². The van der Waals surface area contributed by atoms with E-state index >= 15 is 0 Å². The number of nitrogens with one attached hydrogen (secondary N) is 2. The van der Waals surface area contributed by atoms with E-state index in [9.17, 15) is 9.59 Å². The van der Waals surface area contributed by atoms with Gasteiger partial charge in [-0.05, 0) is 51.5 Å². The maximum atomic E-state index is 12.8. The molecular weight excluding hydrogens is 344 g/mol. The van der Waals surface area contributed by atoms with Gasteiger partial charge in [0.15, 0.2) is 0 Å². The zero-order valence-corrected chi connectivity index (χ0v) is 16.2. The van der Waals surface area contributed by atoms with Gasteiger partial charge in [0, 0.05) is 19.2 Å². The molecule has 1 heterocycles. The molecule has 0 radical (unpaired) electrons. The number of nitrogens with zero attached hydrogens (tertiary/aromatic N) is 2. The molecule has 0 bridgehead atoms. The first-order chi connectivity index (χ1) is 12.8. The van der Waals surface area contributed by atoms with Gasteiger partial charge in [-0.25, -0.2) is 9.80 Å². The lowest BCUT2D eigenvalue weighted by molar-refractivity contribution is -0.118. The minimum Gasteiger partial charge on any atom is -0.444 e. The number of hydrazine groups is 1. The minimum absolute atomic E-state index is 0.104. The summed E-state index contributed by atoms with van der Waals surface area (Å²) in [6.07, 6.45) is 2.80. The number of anilines is 2. The predicted molar refractivity (Wildman–Crippen MR) is 105 cm³/mol. The molecule has 0 unspecified atom stereocenters. The topological polar surface area (TPSA) is 83.6 Å². The molecule has 0 saturated carbocycles. The number of aryl methyl sites for hydroxylation is 1. The first-order valence-electron chi connectivity index (χ1n) is 8.78. The van der Waals surface area contributed by atoms with E-state index in [4.69, 9.17) is 4.74 Å². The van der Waals surface area contributed by atoms with Crippen molar-refractivity contribution in [3.05, 3.63) is 54.4 Å². The fourth-order valence-corrected chi connectivity index (χ4v) is 2.27. The Morgan fingerprint density at radius 1 is 1.15 bits per heavy atom. The Morgan fingerprint density at radius 2 is 1.89 bits per heavy atom. The Bertz CT molecular complexity index is 772. The van der Waals surface area contributed by atoms with Gasteiger partial charge in [-0.2, -0.15) is 0 Å². The van der Waals surface area contributed by atoms with Crippen molar-refractivity contribution in [3.8, 4) is 0 Å². The molecule has 1 aromatic carbocycles. The molecule has 2 amide bonds. The van der Waals surface area contributed by atoms with Crippen LogP contribution in [0.1, 0.15) is 32.8 Å². The van der Waals surface area contributed by atoms with Crippen LogP contribution in [0.3, 0.4) is 0 Å². The SMILES string of the molecule is Cc1ccccc1NN(C(=O)CCNC(=O)OC(C)(C)C)c1cccnc1. The summed E-state index contributed by atoms with van der Waals surface area (Å²) >= 11 is 0. The van der Waals surface area contributed by atoms with Crippen LogP contribution in [0.25, 0.3) is 0 Å². The number of alkyl carbamates (subject to hydrolysis) is 1. The second-order valence-electron chi connectivity index (χ2n) is 7.05. The molecule has 27 heavy (non-hydrogen) atoms. The van der Waals surface area contributed by atoms with E-state index in [0.717, 1.165) is 11.3 Å². The van der Waals surface area contributed by atoms with Gasteiger partial charge in [0.05, 0.1) is 17.6 Å². The van der Waals surface area contributed by atoms with Gasteiger partial charge >= 0.3 is 6.09 Å². The second kappa shape index (κ2) is 9.02. The molecule has 2 aromatic rings. The summed E-state index contributed by atoms with van der Waals surface area (Å²) in [7, 11) is 0. The smallest absolute Gasteiger partial charge is 0.407 e. The first kappa shape index (κ1) is 20.2. The summed E-state index contributed by atoms with van der Waals surface area (Å²) < 4.78 is 5.18. The number of amides is 2. The maximum Gasteiger partial charge on any atom is 0.407 e. The van der Waals surface area contributed by atoms with Gasteiger partial charge in [-0.1, -0.05) is 18.2 Å². The number of carbonyl (C=O) groups excluding carboxylic acids is 2. The summed E-state index contributed by atoms with van der Waals surface area (Å²) in [5.74, 6) is -0.206. The second-order valence-corrected chi connectivity index (χ2v) is 7.05. The molecule has 0 saturated heterocycles. The lowest BCUT2D eigenvalue weighted by Gasteiger charge is -2.25. The van der Waals surface area contributed by atoms with Crippen LogP contribution in [0.15, 0.2) is 48.8 Å². The van der Waals surface area contributed by atoms with Gasteiger partial charge < -0.3 is 10.1 Å². The number of hydrogen-bond acceptors (Lipinski definition) is 5. The van der Waals surface area contributed by atoms with E-state index in [0.29, 0.717) is 5.69 Å². The van der Waals surface area contributed by atoms with E-state index < -0.39 is 11.7 Å². The molecule has 7 heteroatoms. The molecule has 7 nitrogen and oxygen atoms in total. The third-order valence-electron chi connectivity index (χ3n) is 3.54. The quantitative estimate of drug-likeness (QED) is 0.758. The highest BCUT2D eigenvalue weighted by Gasteiger charge is 2.19. The van der Waals surface area contributed by atoms with Crippen molar-refractivity contribution >= 4 is 23.4 Å². The lowest BCUT2D eigenvalue weighted by Crippen LogP contribution is -2.39. The normalized spacial score (nSPS) is 10.8. The van der Waals surface area contributed by atoms with E-state index in [1.54, 1.807) is 45.3 Å². The van der Waals surface area contributed by atoms with Crippen molar-refractivity contribution in [2.24, 2.45) is 0 Å². The summed E-state index contributed by atoms with van der Waals surface area (Å²) in [4.78, 5) is 28.6. The van der Waals surface area contributed by atoms with Crippen LogP contribution in [0, 0.1) is 6.92 Å². The average Bonchev–Trinajstić information content (AvgIpc) is 2.60. The van der Waals surface area contributed by atoms with Crippen LogP contribution >= 0.6 is 0 Å². The number of ether oxygens (including phenoxy) is 1. The summed E-state index contributed by atoms with van der Waals surface area (Å²) in [5.41, 5.74) is 4.99. The Kier molecular flexibility index (Phi) is 6.76. The summed E-state index contributed by atoms with van der Waals surface area (Å²) in [6, 6.07) is 11.2. The molecule has 144 valence electrons. The molecule has 0 atom stereocenters. The van der Waals surface area contributed by atoms with Crippen molar-refractivity contribution in [1.29, 1.82) is 0 Å². The summed E-state index contributed by atoms with van der Waals surface area (Å²) in [6.45, 7) is 7.48. The van der Waals surface area contributed by atoms with Crippen LogP contribution in [-0.4, -0.2) is 29.1 Å². The Morgan fingerprint density at radius 3 is 2.52 bits per heavy atom. The van der Waals surface area contributed by atoms with Crippen molar-refractivity contribution in [3.63, 3.8) is 0 Å². The predicted octanol–water partition coefficient (Wildman–Crippen LogP) is 3.66. The fraction of sp³-hybridized carbons (Fsp3) is 0.350. The van der Waals surface area contributed by atoms with Gasteiger partial charge in [0.2, 0.25) is 5.91 Å². The number of pyridine rings is 1. The van der Waals surface area contributed by atoms with Gasteiger partial charge in [-0.3, -0.25) is 15.2 Å². The van der Waals surface area contributed by atoms with Crippen molar-refractivity contribution in [1.82, 2.24) is 10.3 Å². The molecule has 1 aromatic heterocycles. The largest absolute Gasteiger partial charge is 0.444 e. The van der Waals surface area contributed by atoms with Crippen LogP contribution < -0.4 is 15.8 Å². The zero-order chi connectivity index (χ0) is 19.9. The molecular formula is C20H26N4O3. The Balaban J connectivity index is 2.04. The highest BCUT2D eigenvalue weighted by molar-refractivity contribution is 5.95. The van der Waals surface area contributed by atoms with E-state index in [1.165, 1.54) is 5.01 Å². The number of para-hydroxylation sites is 1. The van der Waals surface area contributed by atoms with Crippen molar-refractivity contribution < 1.29 is 14.3 Å². The van der Waals surface area contributed by atoms with Gasteiger partial charge in [0.1, 0.15) is 5.60 Å². The first-order valence-corrected chi connectivity index (χ1v) is 8.78. The molecule has 0 spiro atoms. The fourth-order valence-electron chi connectivity index (χ4n) is 2.27. The van der Waals surface area contributed by atoms with E-state index in [2.05, 4.69) is 15.7 Å². The molecule has 0 aliphatic carbocycles. The van der Waals surface area contributed by atoms with Crippen molar-refractivity contribution in [2.45, 2.75) is 39.7 Å². The van der Waals surface area contributed by atoms with Crippen LogP contribution in [0.4, 0.5) is 16.2 Å². The maximum absolute atomic E-state index is 12.8. The van der Waals surface area contributed by atoms with E-state index in [-0.39, 0.29) is 18.9 Å². The third-order valence-corrected chi connectivity index (χ3v) is 3.54. The van der Waals surface area contributed by atoms with Crippen LogP contribution in [0.5, 0.6) is 0 Å². The number of benzene rings is 1. The third kappa shape index (κ3) is 6.62. The Hall–Kier alpha value is -3.09. The van der Waals surface area contributed by atoms with E-state index in [1.807, 2.05) is 31.2 Å². The molecule has 2 N–H and O–H groups in total. The molecule has 2 rings (SSSR count). The van der Waals surface area contributed by atoms with Gasteiger partial charge in [0.25, 0.3) is 0 Å². The number of hydrogen-bond donors (Lipinski definition) is 2. The van der Waals surface area contributed by atoms with Gasteiger partial charge in [-0.15, -0.1) is 0 Å². The number of carbonyl (C=O) groups is 2. The monoisotopic (exact) mass is 370 g/mol. The highest BCUT2D eigenvalue weighted by atomic mass is 16.6. The molecule has 0 aliphatic rings. The summed E-state index contributed by atoms with van der Waals surface area (Å²) in [5, 5.41) is 4.04. The standard InChI is InChI=1S/C20H26N4O3/c1-15-8-5-6-10-17(15)23-24(16-9-7-12-21-14-16)18(25)11-13-22-19(26)27-20(2,3)4/h5-10,12,14,23H,11,13H2,1-4H3,(H,22,26). The molecule has 0 aliphatic heterocycles. The highest BCUT2D eigenvalue weighted by Crippen LogP contribution is 2.19. The van der Waals surface area contributed by atoms with Crippen LogP contribution in [0.2, 0.25) is 0 Å². The number of aromatic nitrogens is 1. The van der Waals surface area contributed by atoms with Crippen LogP contribution in [-0.2, 0) is 9.53 Å². The average molecular weight is 370 g/mol. The Labute approximate surface area is 159 Å². The lowest BCUT2D eigenvalue weighted by atomic mass is 10.2. The molecule has 0 fully saturated rings. The minimum atomic E-state index is -0.581. The zero-order valence-electron chi connectivity index (χ0n) is 16.2. The number of rotatable bonds is 6.